The summed E-state index contributed by atoms with van der Waals surface area (Å²) in [5.41, 5.74) is 4.39. The molecule has 0 aromatic heterocycles. The molecule has 1 atom stereocenters. The molecular formula is C16H23Cl2N3O5S2. The number of halogens is 2. The van der Waals surface area contributed by atoms with Gasteiger partial charge in [0.15, 0.2) is 5.54 Å². The van der Waals surface area contributed by atoms with Crippen molar-refractivity contribution in [3.8, 4) is 0 Å². The molecule has 0 radical (unpaired) electrons. The van der Waals surface area contributed by atoms with Gasteiger partial charge in [-0.2, -0.15) is 4.91 Å². The summed E-state index contributed by atoms with van der Waals surface area (Å²) >= 11 is 10.3. The lowest BCUT2D eigenvalue weighted by molar-refractivity contribution is -0.778. The van der Waals surface area contributed by atoms with Gasteiger partial charge in [-0.3, -0.25) is 3.89 Å². The Bertz CT molecular complexity index is 823. The van der Waals surface area contributed by atoms with Crippen LogP contribution >= 0.6 is 24.4 Å². The molecule has 0 spiro atoms. The minimum Gasteiger partial charge on any atom is -1.00 e. The minimum atomic E-state index is -4.53. The number of likely N-dealkylation sites (tertiary alicyclic amines) is 1. The first-order valence-corrected chi connectivity index (χ1v) is 10.6. The predicted molar refractivity (Wildman–Crippen MR) is 105 cm³/mol. The zero-order valence-electron chi connectivity index (χ0n) is 15.5. The van der Waals surface area contributed by atoms with E-state index in [0.717, 1.165) is 0 Å². The zero-order chi connectivity index (χ0) is 20.5. The smallest absolute Gasteiger partial charge is 0.345 e. The predicted octanol–water partition coefficient (Wildman–Crippen LogP) is -1.07. The van der Waals surface area contributed by atoms with Gasteiger partial charge >= 0.3 is 5.97 Å². The summed E-state index contributed by atoms with van der Waals surface area (Å²) in [6.07, 6.45) is -0.0583. The number of thiol groups is 1. The lowest BCUT2D eigenvalue weighted by Gasteiger charge is -2.45. The first kappa shape index (κ1) is 25.1. The van der Waals surface area contributed by atoms with E-state index in [1.165, 1.54) is 31.2 Å². The van der Waals surface area contributed by atoms with Crippen LogP contribution in [0.1, 0.15) is 19.8 Å². The molecule has 2 N–H and O–H groups in total. The highest BCUT2D eigenvalue weighted by molar-refractivity contribution is 7.93. The molecule has 2 rings (SSSR count). The Balaban J connectivity index is 0.00000392. The maximum atomic E-state index is 13.4. The highest BCUT2D eigenvalue weighted by Gasteiger charge is 2.67. The van der Waals surface area contributed by atoms with Gasteiger partial charge in [0, 0.05) is 17.9 Å². The molecule has 12 heteroatoms. The average Bonchev–Trinajstić information content (AvgIpc) is 2.62. The Morgan fingerprint density at radius 3 is 2.29 bits per heavy atom. The lowest BCUT2D eigenvalue weighted by Crippen LogP contribution is -3.00. The number of esters is 1. The van der Waals surface area contributed by atoms with Gasteiger partial charge in [-0.1, -0.05) is 16.8 Å². The Hall–Kier alpha value is -0.910. The first-order chi connectivity index (χ1) is 12.5. The van der Waals surface area contributed by atoms with E-state index in [2.05, 4.69) is 18.0 Å². The van der Waals surface area contributed by atoms with Gasteiger partial charge in [0.25, 0.3) is 4.87 Å². The quantitative estimate of drug-likeness (QED) is 0.236. The highest BCUT2D eigenvalue weighted by Crippen LogP contribution is 2.43. The third-order valence-electron chi connectivity index (χ3n) is 5.01. The molecule has 28 heavy (non-hydrogen) atoms. The molecule has 1 aliphatic rings. The first-order valence-electron chi connectivity index (χ1n) is 8.34. The third-order valence-corrected chi connectivity index (χ3v) is 7.95. The maximum absolute atomic E-state index is 13.4. The molecule has 0 aliphatic carbocycles. The van der Waals surface area contributed by atoms with Gasteiger partial charge in [0.05, 0.1) is 44.5 Å². The van der Waals surface area contributed by atoms with Crippen LogP contribution in [0, 0.1) is 4.91 Å². The minimum absolute atomic E-state index is 0. The second-order valence-electron chi connectivity index (χ2n) is 6.82. The Labute approximate surface area is 181 Å². The fourth-order valence-corrected chi connectivity index (χ4v) is 5.42. The SMILES string of the molecule is CCOC(=O)C(N)(C1(N=O)CC[N+](C)(S)CC1)S(=O)(=O)c1ccc(Cl)cc1.[Cl-]. The van der Waals surface area contributed by atoms with E-state index in [1.807, 2.05) is 7.05 Å². The number of carbonyl (C=O) groups excluding carboxylic acids is 1. The Morgan fingerprint density at radius 2 is 1.86 bits per heavy atom. The highest BCUT2D eigenvalue weighted by atomic mass is 35.5. The van der Waals surface area contributed by atoms with Gasteiger partial charge in [-0.05, 0) is 31.2 Å². The second-order valence-corrected chi connectivity index (χ2v) is 10.3. The number of nitrogens with zero attached hydrogens (tertiary/aromatic N) is 2. The van der Waals surface area contributed by atoms with Gasteiger partial charge in [0.2, 0.25) is 9.84 Å². The lowest BCUT2D eigenvalue weighted by atomic mass is 9.81. The molecule has 8 nitrogen and oxygen atoms in total. The van der Waals surface area contributed by atoms with E-state index in [-0.39, 0.29) is 40.6 Å². The monoisotopic (exact) mass is 471 g/mol. The van der Waals surface area contributed by atoms with Crippen LogP contribution in [0.4, 0.5) is 0 Å². The molecular weight excluding hydrogens is 449 g/mol. The topological polar surface area (TPSA) is 116 Å². The van der Waals surface area contributed by atoms with Crippen LogP contribution in [0.5, 0.6) is 0 Å². The van der Waals surface area contributed by atoms with Crippen molar-refractivity contribution in [3.63, 3.8) is 0 Å². The van der Waals surface area contributed by atoms with E-state index in [9.17, 15) is 18.1 Å². The molecule has 158 valence electrons. The van der Waals surface area contributed by atoms with Crippen molar-refractivity contribution in [2.24, 2.45) is 10.9 Å². The number of carbonyl (C=O) groups is 1. The molecule has 1 heterocycles. The summed E-state index contributed by atoms with van der Waals surface area (Å²) in [6.45, 7) is 2.05. The van der Waals surface area contributed by atoms with Crippen molar-refractivity contribution >= 4 is 40.2 Å². The Morgan fingerprint density at radius 1 is 1.36 bits per heavy atom. The second kappa shape index (κ2) is 8.85. The largest absolute Gasteiger partial charge is 1.00 e. The van der Waals surface area contributed by atoms with Crippen molar-refractivity contribution in [2.45, 2.75) is 35.1 Å². The number of sulfone groups is 1. The van der Waals surface area contributed by atoms with Crippen LogP contribution in [0.15, 0.2) is 34.3 Å². The molecule has 1 fully saturated rings. The molecule has 1 aromatic carbocycles. The molecule has 1 aromatic rings. The van der Waals surface area contributed by atoms with Crippen LogP contribution in [0.25, 0.3) is 0 Å². The maximum Gasteiger partial charge on any atom is 0.345 e. The molecule has 1 unspecified atom stereocenters. The number of ether oxygens (including phenoxy) is 1. The number of benzene rings is 1. The van der Waals surface area contributed by atoms with Gasteiger partial charge < -0.3 is 22.9 Å². The third kappa shape index (κ3) is 4.17. The van der Waals surface area contributed by atoms with Crippen LogP contribution in [-0.4, -0.2) is 55.4 Å². The van der Waals surface area contributed by atoms with Crippen molar-refractivity contribution in [1.29, 1.82) is 0 Å². The molecule has 0 bridgehead atoms. The molecule has 1 aliphatic heterocycles. The summed E-state index contributed by atoms with van der Waals surface area (Å²) < 4.78 is 32.1. The standard InChI is InChI=1S/C16H23ClN3O5S2.ClH/c1-3-25-14(21)16(18,15(19-22)8-10-20(2,26)11-9-15)27(23,24)13-6-4-12(17)5-7-13;/h4-7,26H,3,8-11,18H2,1-2H3;1H/q+1;/p-1. The molecule has 1 saturated heterocycles. The van der Waals surface area contributed by atoms with Crippen molar-refractivity contribution in [1.82, 2.24) is 0 Å². The summed E-state index contributed by atoms with van der Waals surface area (Å²) in [5.74, 6) is -1.20. The van der Waals surface area contributed by atoms with Crippen molar-refractivity contribution in [2.75, 3.05) is 26.7 Å². The van der Waals surface area contributed by atoms with Crippen molar-refractivity contribution < 1.29 is 34.2 Å². The van der Waals surface area contributed by atoms with Crippen LogP contribution in [0.2, 0.25) is 5.02 Å². The zero-order valence-corrected chi connectivity index (χ0v) is 18.7. The van der Waals surface area contributed by atoms with Crippen LogP contribution < -0.4 is 18.1 Å². The van der Waals surface area contributed by atoms with Gasteiger partial charge in [0.1, 0.15) is 0 Å². The van der Waals surface area contributed by atoms with Crippen LogP contribution in [-0.2, 0) is 19.4 Å². The normalized spacial score (nSPS) is 27.2. The number of quaternary nitrogens is 1. The van der Waals surface area contributed by atoms with E-state index in [4.69, 9.17) is 22.1 Å². The van der Waals surface area contributed by atoms with Gasteiger partial charge in [-0.15, -0.1) is 0 Å². The van der Waals surface area contributed by atoms with Gasteiger partial charge in [-0.25, -0.2) is 13.2 Å². The van der Waals surface area contributed by atoms with Crippen LogP contribution in [0.3, 0.4) is 0 Å². The summed E-state index contributed by atoms with van der Waals surface area (Å²) in [5, 5.41) is 3.42. The Kier molecular flexibility index (Phi) is 7.94. The number of rotatable bonds is 6. The number of hydrogen-bond donors (Lipinski definition) is 2. The van der Waals surface area contributed by atoms with E-state index < -0.39 is 26.2 Å². The number of hydrogen-bond acceptors (Lipinski definition) is 8. The molecule has 0 saturated carbocycles. The van der Waals surface area contributed by atoms with E-state index in [1.54, 1.807) is 0 Å². The van der Waals surface area contributed by atoms with E-state index in [0.29, 0.717) is 18.1 Å². The fourth-order valence-electron chi connectivity index (χ4n) is 3.21. The summed E-state index contributed by atoms with van der Waals surface area (Å²) in [7, 11) is -2.71. The molecule has 0 amide bonds. The fraction of sp³-hybridized carbons (Fsp3) is 0.562. The number of piperidine rings is 1. The summed E-state index contributed by atoms with van der Waals surface area (Å²) in [4.78, 5) is 21.8. The van der Waals surface area contributed by atoms with E-state index >= 15 is 0 Å². The number of nitrogens with two attached hydrogens (primary N) is 1. The van der Waals surface area contributed by atoms with Crippen molar-refractivity contribution in [3.05, 3.63) is 34.2 Å². The summed E-state index contributed by atoms with van der Waals surface area (Å²) in [6, 6.07) is 5.20. The average molecular weight is 472 g/mol. The number of nitroso groups, excluding NO2 is 1.